The Labute approximate surface area is 108 Å². The molecule has 1 aromatic carbocycles. The standard InChI is InChI=1S/C14H19N3O/c1-15-13(14-9-17(2)10-16-14)8-11-5-4-6-12(7-11)18-3/h4-7,9-10,13,15H,8H2,1-3H3. The van der Waals surface area contributed by atoms with Crippen LogP contribution in [-0.2, 0) is 13.5 Å². The van der Waals surface area contributed by atoms with Crippen molar-refractivity contribution in [2.75, 3.05) is 14.2 Å². The molecular weight excluding hydrogens is 226 g/mol. The molecule has 4 nitrogen and oxygen atoms in total. The van der Waals surface area contributed by atoms with Crippen molar-refractivity contribution in [2.24, 2.45) is 7.05 Å². The van der Waals surface area contributed by atoms with Gasteiger partial charge in [-0.05, 0) is 31.2 Å². The molecule has 0 fully saturated rings. The van der Waals surface area contributed by atoms with Gasteiger partial charge in [-0.2, -0.15) is 0 Å². The highest BCUT2D eigenvalue weighted by Gasteiger charge is 2.12. The van der Waals surface area contributed by atoms with Crippen LogP contribution in [0, 0.1) is 0 Å². The van der Waals surface area contributed by atoms with Crippen LogP contribution >= 0.6 is 0 Å². The minimum atomic E-state index is 0.221. The van der Waals surface area contributed by atoms with E-state index in [1.807, 2.05) is 43.3 Å². The minimum Gasteiger partial charge on any atom is -0.497 e. The predicted molar refractivity (Wildman–Crippen MR) is 71.7 cm³/mol. The molecule has 0 saturated carbocycles. The van der Waals surface area contributed by atoms with E-state index in [1.165, 1.54) is 5.56 Å². The molecule has 0 amide bonds. The molecule has 4 heteroatoms. The normalized spacial score (nSPS) is 12.4. The lowest BCUT2D eigenvalue weighted by atomic mass is 10.0. The molecular formula is C14H19N3O. The van der Waals surface area contributed by atoms with Gasteiger partial charge in [-0.25, -0.2) is 4.98 Å². The van der Waals surface area contributed by atoms with Crippen molar-refractivity contribution < 1.29 is 4.74 Å². The first-order valence-corrected chi connectivity index (χ1v) is 6.01. The zero-order valence-electron chi connectivity index (χ0n) is 11.1. The molecule has 1 N–H and O–H groups in total. The zero-order valence-corrected chi connectivity index (χ0v) is 11.1. The Morgan fingerprint density at radius 1 is 1.44 bits per heavy atom. The monoisotopic (exact) mass is 245 g/mol. The number of nitrogens with one attached hydrogen (secondary N) is 1. The average molecular weight is 245 g/mol. The number of methoxy groups -OCH3 is 1. The van der Waals surface area contributed by atoms with Crippen molar-refractivity contribution in [3.63, 3.8) is 0 Å². The van der Waals surface area contributed by atoms with Crippen molar-refractivity contribution in [3.05, 3.63) is 48.0 Å². The Kier molecular flexibility index (Phi) is 3.99. The van der Waals surface area contributed by atoms with Crippen LogP contribution in [0.2, 0.25) is 0 Å². The number of hydrogen-bond acceptors (Lipinski definition) is 3. The van der Waals surface area contributed by atoms with Crippen LogP contribution < -0.4 is 10.1 Å². The molecule has 1 aromatic heterocycles. The highest BCUT2D eigenvalue weighted by atomic mass is 16.5. The fourth-order valence-corrected chi connectivity index (χ4v) is 2.00. The maximum atomic E-state index is 5.24. The summed E-state index contributed by atoms with van der Waals surface area (Å²) in [4.78, 5) is 4.39. The number of aryl methyl sites for hydroxylation is 1. The highest BCUT2D eigenvalue weighted by molar-refractivity contribution is 5.29. The van der Waals surface area contributed by atoms with Gasteiger partial charge in [0.2, 0.25) is 0 Å². The summed E-state index contributed by atoms with van der Waals surface area (Å²) in [6.07, 6.45) is 4.76. The van der Waals surface area contributed by atoms with Crippen molar-refractivity contribution in [3.8, 4) is 5.75 Å². The van der Waals surface area contributed by atoms with Crippen LogP contribution in [0.5, 0.6) is 5.75 Å². The number of ether oxygens (including phenoxy) is 1. The maximum absolute atomic E-state index is 5.24. The molecule has 2 rings (SSSR count). The van der Waals surface area contributed by atoms with Crippen LogP contribution in [0.4, 0.5) is 0 Å². The van der Waals surface area contributed by atoms with Crippen molar-refractivity contribution in [1.29, 1.82) is 0 Å². The SMILES string of the molecule is CNC(Cc1cccc(OC)c1)c1cn(C)cn1. The van der Waals surface area contributed by atoms with Crippen LogP contribution in [0.3, 0.4) is 0 Å². The van der Waals surface area contributed by atoms with E-state index in [1.54, 1.807) is 7.11 Å². The van der Waals surface area contributed by atoms with Gasteiger partial charge < -0.3 is 14.6 Å². The molecule has 0 aliphatic carbocycles. The molecule has 0 spiro atoms. The first-order valence-electron chi connectivity index (χ1n) is 6.01. The lowest BCUT2D eigenvalue weighted by Gasteiger charge is -2.14. The fraction of sp³-hybridized carbons (Fsp3) is 0.357. The Morgan fingerprint density at radius 2 is 2.28 bits per heavy atom. The predicted octanol–water partition coefficient (Wildman–Crippen LogP) is 1.93. The lowest BCUT2D eigenvalue weighted by molar-refractivity contribution is 0.414. The second-order valence-corrected chi connectivity index (χ2v) is 4.36. The first-order chi connectivity index (χ1) is 8.72. The summed E-state index contributed by atoms with van der Waals surface area (Å²) in [5.74, 6) is 0.892. The Morgan fingerprint density at radius 3 is 2.89 bits per heavy atom. The van der Waals surface area contributed by atoms with Crippen molar-refractivity contribution in [1.82, 2.24) is 14.9 Å². The van der Waals surface area contributed by atoms with E-state index < -0.39 is 0 Å². The fourth-order valence-electron chi connectivity index (χ4n) is 2.00. The van der Waals surface area contributed by atoms with E-state index in [0.29, 0.717) is 0 Å². The number of imidazole rings is 1. The molecule has 96 valence electrons. The largest absolute Gasteiger partial charge is 0.497 e. The summed E-state index contributed by atoms with van der Waals surface area (Å²) in [5.41, 5.74) is 2.29. The number of benzene rings is 1. The number of rotatable bonds is 5. The topological polar surface area (TPSA) is 39.1 Å². The van der Waals surface area contributed by atoms with Gasteiger partial charge in [-0.15, -0.1) is 0 Å². The molecule has 0 aliphatic heterocycles. The second kappa shape index (κ2) is 5.69. The van der Waals surface area contributed by atoms with Crippen LogP contribution in [0.15, 0.2) is 36.8 Å². The van der Waals surface area contributed by atoms with E-state index in [-0.39, 0.29) is 6.04 Å². The number of nitrogens with zero attached hydrogens (tertiary/aromatic N) is 2. The zero-order chi connectivity index (χ0) is 13.0. The minimum absolute atomic E-state index is 0.221. The van der Waals surface area contributed by atoms with E-state index in [0.717, 1.165) is 17.9 Å². The van der Waals surface area contributed by atoms with Gasteiger partial charge in [0.1, 0.15) is 5.75 Å². The first kappa shape index (κ1) is 12.6. The molecule has 0 saturated heterocycles. The molecule has 1 unspecified atom stereocenters. The van der Waals surface area contributed by atoms with E-state index in [2.05, 4.69) is 22.4 Å². The molecule has 0 radical (unpaired) electrons. The molecule has 0 aliphatic rings. The third-order valence-corrected chi connectivity index (χ3v) is 3.00. The van der Waals surface area contributed by atoms with Gasteiger partial charge in [-0.1, -0.05) is 12.1 Å². The summed E-state index contributed by atoms with van der Waals surface area (Å²) in [6.45, 7) is 0. The van der Waals surface area contributed by atoms with Crippen LogP contribution in [0.25, 0.3) is 0 Å². The third-order valence-electron chi connectivity index (χ3n) is 3.00. The Bertz CT molecular complexity index is 507. The second-order valence-electron chi connectivity index (χ2n) is 4.36. The molecule has 18 heavy (non-hydrogen) atoms. The van der Waals surface area contributed by atoms with Crippen molar-refractivity contribution in [2.45, 2.75) is 12.5 Å². The van der Waals surface area contributed by atoms with Gasteiger partial charge >= 0.3 is 0 Å². The summed E-state index contributed by atoms with van der Waals surface area (Å²) >= 11 is 0. The van der Waals surface area contributed by atoms with Gasteiger partial charge in [-0.3, -0.25) is 0 Å². The average Bonchev–Trinajstić information content (AvgIpc) is 2.82. The quantitative estimate of drug-likeness (QED) is 0.875. The summed E-state index contributed by atoms with van der Waals surface area (Å²) in [7, 11) is 5.63. The van der Waals surface area contributed by atoms with Gasteiger partial charge in [0.15, 0.2) is 0 Å². The van der Waals surface area contributed by atoms with Crippen LogP contribution in [0.1, 0.15) is 17.3 Å². The molecule has 2 aromatic rings. The molecule has 0 bridgehead atoms. The van der Waals surface area contributed by atoms with Crippen molar-refractivity contribution >= 4 is 0 Å². The third kappa shape index (κ3) is 2.90. The maximum Gasteiger partial charge on any atom is 0.119 e. The summed E-state index contributed by atoms with van der Waals surface area (Å²) < 4.78 is 7.20. The van der Waals surface area contributed by atoms with E-state index in [4.69, 9.17) is 4.74 Å². The van der Waals surface area contributed by atoms with Gasteiger partial charge in [0.25, 0.3) is 0 Å². The molecule has 1 heterocycles. The van der Waals surface area contributed by atoms with E-state index >= 15 is 0 Å². The number of aromatic nitrogens is 2. The Balaban J connectivity index is 2.14. The lowest BCUT2D eigenvalue weighted by Crippen LogP contribution is -2.19. The smallest absolute Gasteiger partial charge is 0.119 e. The van der Waals surface area contributed by atoms with Crippen LogP contribution in [-0.4, -0.2) is 23.7 Å². The van der Waals surface area contributed by atoms with E-state index in [9.17, 15) is 0 Å². The highest BCUT2D eigenvalue weighted by Crippen LogP contribution is 2.19. The van der Waals surface area contributed by atoms with Gasteiger partial charge in [0.05, 0.1) is 25.2 Å². The number of hydrogen-bond donors (Lipinski definition) is 1. The number of likely N-dealkylation sites (N-methyl/N-ethyl adjacent to an activating group) is 1. The summed E-state index contributed by atoms with van der Waals surface area (Å²) in [6, 6.07) is 8.36. The van der Waals surface area contributed by atoms with Gasteiger partial charge in [0, 0.05) is 13.2 Å². The Hall–Kier alpha value is -1.81. The summed E-state index contributed by atoms with van der Waals surface area (Å²) in [5, 5.41) is 3.30. The molecule has 1 atom stereocenters.